The van der Waals surface area contributed by atoms with E-state index in [9.17, 15) is 9.90 Å². The van der Waals surface area contributed by atoms with Gasteiger partial charge in [-0.15, -0.1) is 0 Å². The molecule has 0 aromatic heterocycles. The highest BCUT2D eigenvalue weighted by molar-refractivity contribution is 7.80. The fourth-order valence-electron chi connectivity index (χ4n) is 7.04. The van der Waals surface area contributed by atoms with Crippen molar-refractivity contribution < 1.29 is 38.0 Å². The van der Waals surface area contributed by atoms with Gasteiger partial charge in [0.15, 0.2) is 23.0 Å². The smallest absolute Gasteiger partial charge is 0.310 e. The summed E-state index contributed by atoms with van der Waals surface area (Å²) in [7, 11) is 2.93. The number of nitrogens with one attached hydrogen (secondary N) is 1. The number of rotatable bonds is 5. The first-order valence-electron chi connectivity index (χ1n) is 13.4. The number of cyclic esters (lactones) is 1. The van der Waals surface area contributed by atoms with E-state index in [1.54, 1.807) is 30.3 Å². The van der Waals surface area contributed by atoms with Crippen molar-refractivity contribution >= 4 is 24.3 Å². The van der Waals surface area contributed by atoms with Gasteiger partial charge in [-0.25, -0.2) is 9.82 Å². The van der Waals surface area contributed by atoms with Crippen molar-refractivity contribution in [2.75, 3.05) is 32.6 Å². The van der Waals surface area contributed by atoms with Gasteiger partial charge in [0.05, 0.1) is 43.8 Å². The molecule has 0 spiro atoms. The summed E-state index contributed by atoms with van der Waals surface area (Å²) < 4.78 is 43.3. The van der Waals surface area contributed by atoms with Gasteiger partial charge in [0.1, 0.15) is 5.82 Å². The Morgan fingerprint density at radius 3 is 2.37 bits per heavy atom. The Bertz CT molecular complexity index is 1510. The molecular formula is C30H29FN2O7S. The first-order valence-corrected chi connectivity index (χ1v) is 13.9. The van der Waals surface area contributed by atoms with E-state index in [0.29, 0.717) is 23.6 Å². The van der Waals surface area contributed by atoms with Crippen molar-refractivity contribution in [1.29, 1.82) is 0 Å². The van der Waals surface area contributed by atoms with E-state index in [2.05, 4.69) is 5.43 Å². The van der Waals surface area contributed by atoms with Crippen LogP contribution in [0.15, 0.2) is 48.5 Å². The van der Waals surface area contributed by atoms with Crippen LogP contribution in [0.2, 0.25) is 0 Å². The van der Waals surface area contributed by atoms with Crippen LogP contribution >= 0.6 is 12.6 Å². The Morgan fingerprint density at radius 1 is 1.00 bits per heavy atom. The van der Waals surface area contributed by atoms with Crippen LogP contribution in [0, 0.1) is 17.7 Å². The van der Waals surface area contributed by atoms with Crippen LogP contribution in [0.1, 0.15) is 34.9 Å². The van der Waals surface area contributed by atoms with Crippen molar-refractivity contribution in [2.45, 2.75) is 29.7 Å². The van der Waals surface area contributed by atoms with Crippen LogP contribution in [-0.2, 0) is 9.53 Å². The number of nitrogens with zero attached hydrogens (tertiary/aromatic N) is 1. The number of hydrogen-bond acceptors (Lipinski definition) is 10. The molecule has 2 saturated heterocycles. The SMILES string of the molecule is COc1cc([C@@H]2c3cc4c(cc3[C@@H](C3CC(S)NN3c3ccccc3F)[C@H]3COC(=O)[C@H]23)OCO4)cc(OC)c1O. The Hall–Kier alpha value is -3.83. The van der Waals surface area contributed by atoms with Crippen LogP contribution in [0.4, 0.5) is 10.1 Å². The van der Waals surface area contributed by atoms with E-state index in [4.69, 9.17) is 36.3 Å². The lowest BCUT2D eigenvalue weighted by Crippen LogP contribution is -2.47. The quantitative estimate of drug-likeness (QED) is 0.301. The molecule has 0 saturated carbocycles. The van der Waals surface area contributed by atoms with Gasteiger partial charge in [-0.05, 0) is 59.5 Å². The van der Waals surface area contributed by atoms with Gasteiger partial charge in [-0.2, -0.15) is 12.6 Å². The van der Waals surface area contributed by atoms with E-state index in [0.717, 1.165) is 16.7 Å². The van der Waals surface area contributed by atoms with Gasteiger partial charge in [0, 0.05) is 17.8 Å². The molecule has 7 rings (SSSR count). The number of fused-ring (bicyclic) bond motifs is 3. The van der Waals surface area contributed by atoms with Crippen LogP contribution in [-0.4, -0.2) is 50.1 Å². The average Bonchev–Trinajstić information content (AvgIpc) is 3.69. The van der Waals surface area contributed by atoms with Crippen molar-refractivity contribution in [3.63, 3.8) is 0 Å². The van der Waals surface area contributed by atoms with Gasteiger partial charge in [0.25, 0.3) is 0 Å². The number of aromatic hydroxyl groups is 1. The first-order chi connectivity index (χ1) is 19.9. The van der Waals surface area contributed by atoms with Gasteiger partial charge >= 0.3 is 5.97 Å². The zero-order valence-electron chi connectivity index (χ0n) is 22.4. The van der Waals surface area contributed by atoms with E-state index in [1.165, 1.54) is 20.3 Å². The molecule has 0 radical (unpaired) electrons. The third kappa shape index (κ3) is 4.05. The predicted octanol–water partition coefficient (Wildman–Crippen LogP) is 4.33. The number of methoxy groups -OCH3 is 2. The number of carbonyl (C=O) groups is 1. The van der Waals surface area contributed by atoms with Crippen molar-refractivity contribution in [3.8, 4) is 28.7 Å². The number of phenolic OH excluding ortho intramolecular Hbond substituents is 1. The molecule has 3 aromatic rings. The van der Waals surface area contributed by atoms with E-state index < -0.39 is 11.8 Å². The largest absolute Gasteiger partial charge is 0.502 e. The number of para-hydroxylation sites is 1. The highest BCUT2D eigenvalue weighted by atomic mass is 32.1. The lowest BCUT2D eigenvalue weighted by atomic mass is 9.60. The third-order valence-electron chi connectivity index (χ3n) is 8.72. The topological polar surface area (TPSA) is 98.7 Å². The summed E-state index contributed by atoms with van der Waals surface area (Å²) in [6.45, 7) is 0.304. The van der Waals surface area contributed by atoms with Gasteiger partial charge < -0.3 is 33.8 Å². The van der Waals surface area contributed by atoms with Gasteiger partial charge in [-0.3, -0.25) is 4.79 Å². The summed E-state index contributed by atoms with van der Waals surface area (Å²) in [4.78, 5) is 13.5. The molecule has 11 heteroatoms. The lowest BCUT2D eigenvalue weighted by Gasteiger charge is -2.44. The first kappa shape index (κ1) is 26.1. The second kappa shape index (κ2) is 9.92. The number of halogens is 1. The minimum atomic E-state index is -0.562. The maximum absolute atomic E-state index is 15.1. The molecular weight excluding hydrogens is 551 g/mol. The van der Waals surface area contributed by atoms with Crippen molar-refractivity contribution in [1.82, 2.24) is 5.43 Å². The predicted molar refractivity (Wildman–Crippen MR) is 149 cm³/mol. The molecule has 1 aliphatic carbocycles. The molecule has 3 aromatic carbocycles. The minimum Gasteiger partial charge on any atom is -0.502 e. The fraction of sp³-hybridized carbons (Fsp3) is 0.367. The molecule has 41 heavy (non-hydrogen) atoms. The summed E-state index contributed by atoms with van der Waals surface area (Å²) in [6, 6.07) is 13.7. The second-order valence-corrected chi connectivity index (χ2v) is 11.3. The number of carbonyl (C=O) groups excluding carboxylic acids is 1. The molecule has 2 unspecified atom stereocenters. The molecule has 2 N–H and O–H groups in total. The summed E-state index contributed by atoms with van der Waals surface area (Å²) in [6.07, 6.45) is 0.596. The standard InChI is InChI=1S/C30H29FN2O7S/c1-36-23-7-14(8-24(37-2)29(23)34)26-15-9-21-22(40-13-39-21)10-16(15)27(17-12-38-30(35)28(17)26)20-11-25(41)32-33(20)19-6-4-3-5-18(19)31/h3-10,17,20,25-28,32,34,41H,11-13H2,1-2H3/t17-,20?,25?,26-,27-,28+/m1/s1. The number of phenols is 1. The van der Waals surface area contributed by atoms with Crippen LogP contribution in [0.5, 0.6) is 28.7 Å². The molecule has 9 nitrogen and oxygen atoms in total. The van der Waals surface area contributed by atoms with E-state index in [1.807, 2.05) is 17.1 Å². The molecule has 6 atom stereocenters. The Labute approximate surface area is 241 Å². The van der Waals surface area contributed by atoms with E-state index in [-0.39, 0.29) is 65.7 Å². The lowest BCUT2D eigenvalue weighted by molar-refractivity contribution is -0.141. The van der Waals surface area contributed by atoms with Crippen molar-refractivity contribution in [2.24, 2.45) is 11.8 Å². The summed E-state index contributed by atoms with van der Waals surface area (Å²) in [5, 5.41) is 12.2. The molecule has 3 heterocycles. The summed E-state index contributed by atoms with van der Waals surface area (Å²) in [5.41, 5.74) is 6.29. The highest BCUT2D eigenvalue weighted by Crippen LogP contribution is 2.58. The van der Waals surface area contributed by atoms with E-state index >= 15 is 4.39 Å². The molecule has 214 valence electrons. The highest BCUT2D eigenvalue weighted by Gasteiger charge is 2.56. The summed E-state index contributed by atoms with van der Waals surface area (Å²) >= 11 is 4.72. The number of esters is 1. The van der Waals surface area contributed by atoms with Crippen LogP contribution in [0.3, 0.4) is 0 Å². The number of hydrogen-bond donors (Lipinski definition) is 3. The van der Waals surface area contributed by atoms with Gasteiger partial charge in [-0.1, -0.05) is 12.1 Å². The van der Waals surface area contributed by atoms with Gasteiger partial charge in [0.2, 0.25) is 12.5 Å². The second-order valence-electron chi connectivity index (χ2n) is 10.7. The van der Waals surface area contributed by atoms with Crippen molar-refractivity contribution in [3.05, 3.63) is 71.0 Å². The fourth-order valence-corrected chi connectivity index (χ4v) is 7.38. The Kier molecular flexibility index (Phi) is 6.31. The number of thiol groups is 1. The number of ether oxygens (including phenoxy) is 5. The minimum absolute atomic E-state index is 0.0916. The normalized spacial score (nSPS) is 27.8. The molecule has 2 fully saturated rings. The Balaban J connectivity index is 1.44. The third-order valence-corrected chi connectivity index (χ3v) is 9.04. The number of hydrazine groups is 1. The Morgan fingerprint density at radius 2 is 1.68 bits per heavy atom. The number of benzene rings is 3. The van der Waals surface area contributed by atoms with Crippen LogP contribution in [0.25, 0.3) is 0 Å². The average molecular weight is 581 g/mol. The maximum atomic E-state index is 15.1. The molecule has 3 aliphatic heterocycles. The van der Waals surface area contributed by atoms with Crippen LogP contribution < -0.4 is 29.4 Å². The molecule has 0 bridgehead atoms. The monoisotopic (exact) mass is 580 g/mol. The zero-order chi connectivity index (χ0) is 28.4. The number of anilines is 1. The zero-order valence-corrected chi connectivity index (χ0v) is 23.3. The molecule has 0 amide bonds. The molecule has 4 aliphatic rings. The maximum Gasteiger partial charge on any atom is 0.310 e. The summed E-state index contributed by atoms with van der Waals surface area (Å²) in [5.74, 6) is -0.637.